The zero-order valence-electron chi connectivity index (χ0n) is 10.3. The highest BCUT2D eigenvalue weighted by molar-refractivity contribution is 9.10. The Kier molecular flexibility index (Phi) is 4.72. The molecule has 0 amide bonds. The summed E-state index contributed by atoms with van der Waals surface area (Å²) < 4.78 is 27.4. The molecule has 0 aliphatic rings. The Morgan fingerprint density at radius 3 is 2.84 bits per heavy atom. The first kappa shape index (κ1) is 14.6. The highest BCUT2D eigenvalue weighted by atomic mass is 79.9. The lowest BCUT2D eigenvalue weighted by Gasteiger charge is -2.08. The van der Waals surface area contributed by atoms with Crippen molar-refractivity contribution >= 4 is 37.3 Å². The van der Waals surface area contributed by atoms with Gasteiger partial charge in [0, 0.05) is 29.0 Å². The Morgan fingerprint density at radius 2 is 2.21 bits per heavy atom. The van der Waals surface area contributed by atoms with Crippen molar-refractivity contribution in [2.24, 2.45) is 0 Å². The van der Waals surface area contributed by atoms with Crippen molar-refractivity contribution in [3.05, 3.63) is 44.8 Å². The molecule has 0 bridgehead atoms. The second-order valence-corrected chi connectivity index (χ2v) is 7.58. The van der Waals surface area contributed by atoms with Gasteiger partial charge >= 0.3 is 0 Å². The largest absolute Gasteiger partial charge is 0.250 e. The summed E-state index contributed by atoms with van der Waals surface area (Å²) in [6, 6.07) is 5.17. The molecule has 0 atom stereocenters. The van der Waals surface area contributed by atoms with E-state index in [1.807, 2.05) is 12.3 Å². The molecular weight excluding hydrogens is 348 g/mol. The van der Waals surface area contributed by atoms with E-state index in [1.54, 1.807) is 24.4 Å². The van der Waals surface area contributed by atoms with Gasteiger partial charge < -0.3 is 0 Å². The highest BCUT2D eigenvalue weighted by Crippen LogP contribution is 2.22. The zero-order chi connectivity index (χ0) is 13.9. The maximum atomic E-state index is 12.1. The van der Waals surface area contributed by atoms with Gasteiger partial charge in [-0.15, -0.1) is 11.3 Å². The summed E-state index contributed by atoms with van der Waals surface area (Å²) in [6.45, 7) is 2.26. The minimum atomic E-state index is -3.48. The lowest BCUT2D eigenvalue weighted by molar-refractivity contribution is 0.581. The van der Waals surface area contributed by atoms with Crippen LogP contribution in [0.2, 0.25) is 0 Å². The maximum Gasteiger partial charge on any atom is 0.241 e. The first-order chi connectivity index (χ1) is 8.99. The fraction of sp³-hybridized carbons (Fsp3) is 0.250. The molecule has 0 radical (unpaired) electrons. The van der Waals surface area contributed by atoms with Crippen LogP contribution >= 0.6 is 27.3 Å². The van der Waals surface area contributed by atoms with Crippen molar-refractivity contribution in [3.63, 3.8) is 0 Å². The van der Waals surface area contributed by atoms with E-state index in [-0.39, 0.29) is 4.90 Å². The van der Waals surface area contributed by atoms with Crippen molar-refractivity contribution in [1.82, 2.24) is 9.71 Å². The lowest BCUT2D eigenvalue weighted by Crippen LogP contribution is -2.26. The fourth-order valence-corrected chi connectivity index (χ4v) is 4.41. The van der Waals surface area contributed by atoms with Crippen LogP contribution in [0, 0.1) is 6.92 Å². The van der Waals surface area contributed by atoms with Crippen LogP contribution in [0.1, 0.15) is 10.6 Å². The van der Waals surface area contributed by atoms with Gasteiger partial charge in [-0.05, 0) is 40.5 Å². The number of hydrogen-bond acceptors (Lipinski definition) is 4. The number of thiazole rings is 1. The molecule has 0 aliphatic carbocycles. The molecule has 19 heavy (non-hydrogen) atoms. The average Bonchev–Trinajstić information content (AvgIpc) is 2.81. The number of nitrogens with zero attached hydrogens (tertiary/aromatic N) is 1. The summed E-state index contributed by atoms with van der Waals surface area (Å²) in [5.41, 5.74) is 1.01. The predicted molar refractivity (Wildman–Crippen MR) is 79.9 cm³/mol. The van der Waals surface area contributed by atoms with Crippen LogP contribution < -0.4 is 4.72 Å². The van der Waals surface area contributed by atoms with Gasteiger partial charge in [0.25, 0.3) is 0 Å². The van der Waals surface area contributed by atoms with Gasteiger partial charge in [0.15, 0.2) is 0 Å². The van der Waals surface area contributed by atoms with Crippen LogP contribution in [0.5, 0.6) is 0 Å². The lowest BCUT2D eigenvalue weighted by atomic mass is 10.2. The number of halogens is 1. The normalized spacial score (nSPS) is 11.7. The molecule has 7 heteroatoms. The molecule has 0 aliphatic heterocycles. The summed E-state index contributed by atoms with van der Waals surface area (Å²) in [4.78, 5) is 4.37. The van der Waals surface area contributed by atoms with E-state index in [1.165, 1.54) is 11.3 Å². The molecule has 102 valence electrons. The van der Waals surface area contributed by atoms with Crippen molar-refractivity contribution < 1.29 is 8.42 Å². The number of benzene rings is 1. The average molecular weight is 361 g/mol. The summed E-state index contributed by atoms with van der Waals surface area (Å²) in [5.74, 6) is 0. The van der Waals surface area contributed by atoms with Crippen molar-refractivity contribution in [3.8, 4) is 0 Å². The molecule has 0 spiro atoms. The van der Waals surface area contributed by atoms with Gasteiger partial charge in [0.2, 0.25) is 10.0 Å². The molecule has 1 heterocycles. The molecule has 0 fully saturated rings. The van der Waals surface area contributed by atoms with Gasteiger partial charge in [-0.3, -0.25) is 0 Å². The summed E-state index contributed by atoms with van der Waals surface area (Å²) in [7, 11) is -3.48. The monoisotopic (exact) mass is 360 g/mol. The van der Waals surface area contributed by atoms with Gasteiger partial charge in [-0.1, -0.05) is 6.07 Å². The maximum absolute atomic E-state index is 12.1. The molecule has 2 rings (SSSR count). The van der Waals surface area contributed by atoms with E-state index in [0.717, 1.165) is 10.6 Å². The minimum Gasteiger partial charge on any atom is -0.250 e. The third-order valence-electron chi connectivity index (χ3n) is 2.49. The molecule has 1 aromatic heterocycles. The van der Waals surface area contributed by atoms with Crippen LogP contribution in [0.25, 0.3) is 0 Å². The van der Waals surface area contributed by atoms with Gasteiger partial charge in [-0.25, -0.2) is 18.1 Å². The van der Waals surface area contributed by atoms with E-state index in [4.69, 9.17) is 0 Å². The Balaban J connectivity index is 2.05. The number of nitrogens with one attached hydrogen (secondary N) is 1. The van der Waals surface area contributed by atoms with Crippen LogP contribution in [0.4, 0.5) is 0 Å². The molecule has 1 N–H and O–H groups in total. The summed E-state index contributed by atoms with van der Waals surface area (Å²) in [6.07, 6.45) is 2.31. The minimum absolute atomic E-state index is 0.261. The number of rotatable bonds is 5. The number of aryl methyl sites for hydroxylation is 1. The Hall–Kier alpha value is -0.760. The molecule has 0 saturated heterocycles. The number of sulfonamides is 1. The second-order valence-electron chi connectivity index (χ2n) is 4.01. The molecule has 0 unspecified atom stereocenters. The van der Waals surface area contributed by atoms with E-state index < -0.39 is 10.0 Å². The van der Waals surface area contributed by atoms with Gasteiger partial charge in [0.1, 0.15) is 0 Å². The van der Waals surface area contributed by atoms with E-state index >= 15 is 0 Å². The Labute approximate surface area is 125 Å². The Morgan fingerprint density at radius 1 is 1.42 bits per heavy atom. The quantitative estimate of drug-likeness (QED) is 0.891. The third kappa shape index (κ3) is 3.85. The molecular formula is C12H13BrN2O2S2. The summed E-state index contributed by atoms with van der Waals surface area (Å²) in [5, 5.41) is 2.80. The summed E-state index contributed by atoms with van der Waals surface area (Å²) >= 11 is 4.80. The number of aromatic nitrogens is 1. The van der Waals surface area contributed by atoms with E-state index in [9.17, 15) is 8.42 Å². The first-order valence-corrected chi connectivity index (χ1v) is 8.79. The van der Waals surface area contributed by atoms with Crippen molar-refractivity contribution in [1.29, 1.82) is 0 Å². The second kappa shape index (κ2) is 6.13. The highest BCUT2D eigenvalue weighted by Gasteiger charge is 2.16. The van der Waals surface area contributed by atoms with E-state index in [2.05, 4.69) is 25.6 Å². The Bertz CT molecular complexity index is 654. The van der Waals surface area contributed by atoms with Gasteiger partial charge in [0.05, 0.1) is 9.90 Å². The number of hydrogen-bond donors (Lipinski definition) is 1. The van der Waals surface area contributed by atoms with Crippen LogP contribution in [-0.4, -0.2) is 19.9 Å². The van der Waals surface area contributed by atoms with Crippen LogP contribution in [0.3, 0.4) is 0 Å². The molecule has 2 aromatic rings. The fourth-order valence-electron chi connectivity index (χ4n) is 1.57. The van der Waals surface area contributed by atoms with Crippen molar-refractivity contribution in [2.45, 2.75) is 18.2 Å². The topological polar surface area (TPSA) is 59.1 Å². The van der Waals surface area contributed by atoms with Gasteiger partial charge in [-0.2, -0.15) is 0 Å². The van der Waals surface area contributed by atoms with E-state index in [0.29, 0.717) is 17.4 Å². The standard InChI is InChI=1S/C12H13BrN2O2S2/c1-9-2-3-11(10(13)8-9)19(16,17)15-5-4-12-14-6-7-18-12/h2-3,6-8,15H,4-5H2,1H3. The first-order valence-electron chi connectivity index (χ1n) is 5.63. The SMILES string of the molecule is Cc1ccc(S(=O)(=O)NCCc2nccs2)c(Br)c1. The van der Waals surface area contributed by atoms with Crippen LogP contribution in [-0.2, 0) is 16.4 Å². The molecule has 1 aromatic carbocycles. The molecule has 4 nitrogen and oxygen atoms in total. The third-order valence-corrected chi connectivity index (χ3v) is 5.77. The molecule has 0 saturated carbocycles. The van der Waals surface area contributed by atoms with Crippen molar-refractivity contribution in [2.75, 3.05) is 6.54 Å². The zero-order valence-corrected chi connectivity index (χ0v) is 13.5. The van der Waals surface area contributed by atoms with Crippen LogP contribution in [0.15, 0.2) is 39.1 Å². The predicted octanol–water partition coefficient (Wildman–Crippen LogP) is 2.74. The smallest absolute Gasteiger partial charge is 0.241 e.